The summed E-state index contributed by atoms with van der Waals surface area (Å²) in [6, 6.07) is 6.56. The summed E-state index contributed by atoms with van der Waals surface area (Å²) in [5, 5.41) is 0. The number of unbranched alkanes of at least 4 members (excludes halogenated alkanes) is 2. The van der Waals surface area contributed by atoms with Gasteiger partial charge in [-0.25, -0.2) is 9.59 Å². The molecule has 0 fully saturated rings. The molecule has 0 aliphatic carbocycles. The van der Waals surface area contributed by atoms with E-state index in [-0.39, 0.29) is 24.3 Å². The smallest absolute Gasteiger partial charge is 0.339 e. The van der Waals surface area contributed by atoms with Crippen molar-refractivity contribution in [3.05, 3.63) is 35.4 Å². The summed E-state index contributed by atoms with van der Waals surface area (Å²) in [4.78, 5) is 25.0. The Balaban J connectivity index is 2.39. The summed E-state index contributed by atoms with van der Waals surface area (Å²) in [7, 11) is 0. The summed E-state index contributed by atoms with van der Waals surface area (Å²) in [6.07, 6.45) is 9.25. The lowest BCUT2D eigenvalue weighted by atomic mass is 10.0. The van der Waals surface area contributed by atoms with Gasteiger partial charge in [-0.15, -0.1) is 0 Å². The van der Waals surface area contributed by atoms with Crippen LogP contribution in [0.15, 0.2) is 24.3 Å². The second kappa shape index (κ2) is 19.4. The van der Waals surface area contributed by atoms with Crippen molar-refractivity contribution in [1.29, 1.82) is 0 Å². The van der Waals surface area contributed by atoms with Crippen molar-refractivity contribution in [3.63, 3.8) is 0 Å². The molecule has 0 heterocycles. The molecule has 0 radical (unpaired) electrons. The molecule has 6 nitrogen and oxygen atoms in total. The monoisotopic (exact) mass is 478 g/mol. The number of rotatable bonds is 20. The Morgan fingerprint density at radius 2 is 1.09 bits per heavy atom. The Labute approximate surface area is 206 Å². The Hall–Kier alpha value is -1.92. The third kappa shape index (κ3) is 12.5. The quantitative estimate of drug-likeness (QED) is 0.158. The first-order valence-corrected chi connectivity index (χ1v) is 13.2. The van der Waals surface area contributed by atoms with Crippen molar-refractivity contribution in [1.82, 2.24) is 0 Å². The number of carbonyl (C=O) groups is 2. The Morgan fingerprint density at radius 3 is 1.44 bits per heavy atom. The van der Waals surface area contributed by atoms with Crippen molar-refractivity contribution in [2.24, 2.45) is 11.8 Å². The SMILES string of the molecule is CCCCC(CC)COCCOC(=O)c1ccccc1C(=O)OCCOCC(CC)CCCC. The van der Waals surface area contributed by atoms with E-state index in [1.807, 2.05) is 0 Å². The van der Waals surface area contributed by atoms with Gasteiger partial charge in [0.15, 0.2) is 0 Å². The van der Waals surface area contributed by atoms with Gasteiger partial charge in [0.2, 0.25) is 0 Å². The van der Waals surface area contributed by atoms with Gasteiger partial charge in [0.25, 0.3) is 0 Å². The molecule has 0 N–H and O–H groups in total. The predicted molar refractivity (Wildman–Crippen MR) is 135 cm³/mol. The summed E-state index contributed by atoms with van der Waals surface area (Å²) >= 11 is 0. The third-order valence-electron chi connectivity index (χ3n) is 6.08. The van der Waals surface area contributed by atoms with Gasteiger partial charge in [-0.3, -0.25) is 0 Å². The van der Waals surface area contributed by atoms with Crippen molar-refractivity contribution < 1.29 is 28.5 Å². The first kappa shape index (κ1) is 30.1. The Kier molecular flexibility index (Phi) is 17.2. The molecular formula is C28H46O6. The molecule has 1 rings (SSSR count). The van der Waals surface area contributed by atoms with Crippen molar-refractivity contribution >= 4 is 11.9 Å². The lowest BCUT2D eigenvalue weighted by molar-refractivity contribution is 0.0214. The van der Waals surface area contributed by atoms with E-state index in [0.29, 0.717) is 38.3 Å². The fraction of sp³-hybridized carbons (Fsp3) is 0.714. The minimum atomic E-state index is -0.549. The molecule has 0 bridgehead atoms. The van der Waals surface area contributed by atoms with E-state index in [0.717, 1.165) is 25.7 Å². The molecule has 0 saturated carbocycles. The molecular weight excluding hydrogens is 432 g/mol. The number of hydrogen-bond acceptors (Lipinski definition) is 6. The van der Waals surface area contributed by atoms with E-state index in [2.05, 4.69) is 27.7 Å². The maximum atomic E-state index is 12.5. The second-order valence-corrected chi connectivity index (χ2v) is 8.80. The molecule has 6 heteroatoms. The lowest BCUT2D eigenvalue weighted by Gasteiger charge is -2.15. The summed E-state index contributed by atoms with van der Waals surface area (Å²) in [6.45, 7) is 11.0. The van der Waals surface area contributed by atoms with Gasteiger partial charge >= 0.3 is 11.9 Å². The van der Waals surface area contributed by atoms with E-state index in [1.165, 1.54) is 25.7 Å². The summed E-state index contributed by atoms with van der Waals surface area (Å²) in [5.74, 6) is -0.0158. The standard InChI is InChI=1S/C28H46O6/c1-5-9-13-23(7-3)21-31-17-19-33-27(29)25-15-11-12-16-26(25)28(30)34-20-18-32-22-24(8-4)14-10-6-2/h11-12,15-16,23-24H,5-10,13-14,17-22H2,1-4H3. The van der Waals surface area contributed by atoms with Crippen LogP contribution in [0.4, 0.5) is 0 Å². The van der Waals surface area contributed by atoms with Crippen LogP contribution in [0.3, 0.4) is 0 Å². The van der Waals surface area contributed by atoms with E-state index >= 15 is 0 Å². The van der Waals surface area contributed by atoms with Crippen LogP contribution in [0.2, 0.25) is 0 Å². The van der Waals surface area contributed by atoms with Crippen LogP contribution in [0.25, 0.3) is 0 Å². The number of ether oxygens (including phenoxy) is 4. The van der Waals surface area contributed by atoms with E-state index in [9.17, 15) is 9.59 Å². The molecule has 2 atom stereocenters. The first-order valence-electron chi connectivity index (χ1n) is 13.2. The van der Waals surface area contributed by atoms with Gasteiger partial charge in [-0.2, -0.15) is 0 Å². The molecule has 1 aromatic rings. The van der Waals surface area contributed by atoms with Crippen LogP contribution >= 0.6 is 0 Å². The minimum absolute atomic E-state index is 0.150. The molecule has 34 heavy (non-hydrogen) atoms. The molecule has 0 saturated heterocycles. The first-order chi connectivity index (χ1) is 16.6. The number of benzene rings is 1. The second-order valence-electron chi connectivity index (χ2n) is 8.80. The van der Waals surface area contributed by atoms with E-state index in [1.54, 1.807) is 24.3 Å². The molecule has 0 spiro atoms. The predicted octanol–water partition coefficient (Wildman–Crippen LogP) is 6.47. The molecule has 0 aliphatic heterocycles. The van der Waals surface area contributed by atoms with Crippen molar-refractivity contribution in [3.8, 4) is 0 Å². The number of esters is 2. The Morgan fingerprint density at radius 1 is 0.676 bits per heavy atom. The largest absolute Gasteiger partial charge is 0.460 e. The van der Waals surface area contributed by atoms with Gasteiger partial charge in [-0.1, -0.05) is 78.4 Å². The van der Waals surface area contributed by atoms with Gasteiger partial charge in [-0.05, 0) is 36.8 Å². The maximum absolute atomic E-state index is 12.5. The van der Waals surface area contributed by atoms with E-state index in [4.69, 9.17) is 18.9 Å². The highest BCUT2D eigenvalue weighted by Gasteiger charge is 2.19. The van der Waals surface area contributed by atoms with Crippen LogP contribution in [0.1, 0.15) is 99.8 Å². The fourth-order valence-electron chi connectivity index (χ4n) is 3.68. The molecule has 1 aromatic carbocycles. The molecule has 2 unspecified atom stereocenters. The number of carbonyl (C=O) groups excluding carboxylic acids is 2. The van der Waals surface area contributed by atoms with E-state index < -0.39 is 11.9 Å². The molecule has 0 aromatic heterocycles. The normalized spacial score (nSPS) is 12.8. The van der Waals surface area contributed by atoms with Gasteiger partial charge in [0, 0.05) is 13.2 Å². The zero-order chi connectivity index (χ0) is 25.0. The highest BCUT2D eigenvalue weighted by molar-refractivity contribution is 6.03. The summed E-state index contributed by atoms with van der Waals surface area (Å²) < 4.78 is 22.0. The fourth-order valence-corrected chi connectivity index (χ4v) is 3.68. The minimum Gasteiger partial charge on any atom is -0.460 e. The highest BCUT2D eigenvalue weighted by atomic mass is 16.6. The topological polar surface area (TPSA) is 71.1 Å². The van der Waals surface area contributed by atoms with Crippen LogP contribution in [0, 0.1) is 11.8 Å². The molecule has 194 valence electrons. The van der Waals surface area contributed by atoms with Crippen LogP contribution in [-0.4, -0.2) is 51.6 Å². The Bertz CT molecular complexity index is 618. The highest BCUT2D eigenvalue weighted by Crippen LogP contribution is 2.15. The van der Waals surface area contributed by atoms with Crippen molar-refractivity contribution in [2.45, 2.75) is 79.1 Å². The zero-order valence-corrected chi connectivity index (χ0v) is 21.8. The molecule has 0 aliphatic rings. The zero-order valence-electron chi connectivity index (χ0n) is 21.8. The lowest BCUT2D eigenvalue weighted by Crippen LogP contribution is -2.18. The average Bonchev–Trinajstić information content (AvgIpc) is 2.86. The average molecular weight is 479 g/mol. The number of hydrogen-bond donors (Lipinski definition) is 0. The van der Waals surface area contributed by atoms with Gasteiger partial charge < -0.3 is 18.9 Å². The van der Waals surface area contributed by atoms with Crippen LogP contribution < -0.4 is 0 Å². The third-order valence-corrected chi connectivity index (χ3v) is 6.08. The van der Waals surface area contributed by atoms with Gasteiger partial charge in [0.1, 0.15) is 13.2 Å². The van der Waals surface area contributed by atoms with Crippen LogP contribution in [-0.2, 0) is 18.9 Å². The maximum Gasteiger partial charge on any atom is 0.339 e. The molecule has 0 amide bonds. The van der Waals surface area contributed by atoms with Gasteiger partial charge in [0.05, 0.1) is 24.3 Å². The van der Waals surface area contributed by atoms with Crippen LogP contribution in [0.5, 0.6) is 0 Å². The van der Waals surface area contributed by atoms with Crippen molar-refractivity contribution in [2.75, 3.05) is 39.6 Å². The summed E-state index contributed by atoms with van der Waals surface area (Å²) in [5.41, 5.74) is 0.404.